The number of alkyl halides is 3. The number of rotatable bonds is 6. The summed E-state index contributed by atoms with van der Waals surface area (Å²) in [6.07, 6.45) is 1.64. The summed E-state index contributed by atoms with van der Waals surface area (Å²) in [6.45, 7) is 2.83. The molecule has 12 heteroatoms. The Hall–Kier alpha value is -2.86. The predicted molar refractivity (Wildman–Crippen MR) is 147 cm³/mol. The minimum atomic E-state index is -4.54. The molecule has 210 valence electrons. The number of fused-ring (bicyclic) bond motifs is 2. The van der Waals surface area contributed by atoms with Crippen LogP contribution in [0.3, 0.4) is 0 Å². The number of carbonyl (C=O) groups excluding carboxylic acids is 2. The second kappa shape index (κ2) is 10.8. The molecule has 1 aromatic heterocycles. The topological polar surface area (TPSA) is 67.7 Å². The van der Waals surface area contributed by atoms with E-state index in [1.54, 1.807) is 30.5 Å². The molecule has 2 aromatic carbocycles. The van der Waals surface area contributed by atoms with Gasteiger partial charge in [0.05, 0.1) is 41.4 Å². The number of hydrogen-bond donors (Lipinski definition) is 0. The molecule has 40 heavy (non-hydrogen) atoms. The Labute approximate surface area is 237 Å². The molecule has 0 bridgehead atoms. The zero-order valence-corrected chi connectivity index (χ0v) is 22.9. The number of hydrogen-bond acceptors (Lipinski definition) is 6. The number of aromatic nitrogens is 2. The molecule has 0 saturated carbocycles. The van der Waals surface area contributed by atoms with Gasteiger partial charge in [0.1, 0.15) is 0 Å². The van der Waals surface area contributed by atoms with Gasteiger partial charge in [0.15, 0.2) is 0 Å². The summed E-state index contributed by atoms with van der Waals surface area (Å²) >= 11 is 6.71. The molecule has 3 aliphatic heterocycles. The molecule has 0 spiro atoms. The summed E-state index contributed by atoms with van der Waals surface area (Å²) in [5.41, 5.74) is 0.585. The lowest BCUT2D eigenvalue weighted by atomic mass is 10.1. The van der Waals surface area contributed by atoms with Crippen molar-refractivity contribution in [3.8, 4) is 0 Å². The Morgan fingerprint density at radius 3 is 2.85 bits per heavy atom. The molecule has 3 aliphatic rings. The van der Waals surface area contributed by atoms with Crippen LogP contribution in [0, 0.1) is 0 Å². The number of thioether (sulfide) groups is 1. The number of morpholine rings is 1. The summed E-state index contributed by atoms with van der Waals surface area (Å²) in [7, 11) is 0. The van der Waals surface area contributed by atoms with Gasteiger partial charge in [0.25, 0.3) is 11.1 Å². The van der Waals surface area contributed by atoms with Crippen LogP contribution < -0.4 is 0 Å². The number of amides is 2. The molecule has 6 rings (SSSR count). The van der Waals surface area contributed by atoms with Gasteiger partial charge in [-0.1, -0.05) is 23.7 Å². The van der Waals surface area contributed by atoms with Gasteiger partial charge in [-0.2, -0.15) is 18.3 Å². The molecule has 2 amide bonds. The highest BCUT2D eigenvalue weighted by Gasteiger charge is 2.37. The summed E-state index contributed by atoms with van der Waals surface area (Å²) in [6, 6.07) is 9.48. The van der Waals surface area contributed by atoms with Gasteiger partial charge < -0.3 is 4.74 Å². The lowest BCUT2D eigenvalue weighted by Crippen LogP contribution is -2.47. The van der Waals surface area contributed by atoms with Gasteiger partial charge in [-0.15, -0.1) is 0 Å². The van der Waals surface area contributed by atoms with Crippen LogP contribution in [0.15, 0.2) is 47.5 Å². The normalized spacial score (nSPS) is 23.1. The third kappa shape index (κ3) is 5.52. The van der Waals surface area contributed by atoms with E-state index in [9.17, 15) is 22.8 Å². The van der Waals surface area contributed by atoms with E-state index in [1.165, 1.54) is 28.1 Å². The van der Waals surface area contributed by atoms with E-state index in [4.69, 9.17) is 16.3 Å². The van der Waals surface area contributed by atoms with Crippen molar-refractivity contribution in [2.75, 3.05) is 26.2 Å². The number of imide groups is 1. The first-order valence-corrected chi connectivity index (χ1v) is 14.3. The Morgan fingerprint density at radius 2 is 2.02 bits per heavy atom. The number of benzene rings is 2. The maximum Gasteiger partial charge on any atom is 0.416 e. The zero-order chi connectivity index (χ0) is 28.0. The smallest absolute Gasteiger partial charge is 0.375 e. The maximum absolute atomic E-state index is 13.5. The quantitative estimate of drug-likeness (QED) is 0.326. The van der Waals surface area contributed by atoms with E-state index >= 15 is 0 Å². The van der Waals surface area contributed by atoms with Crippen LogP contribution in [-0.4, -0.2) is 69.1 Å². The van der Waals surface area contributed by atoms with Crippen molar-refractivity contribution in [1.29, 1.82) is 0 Å². The second-order valence-electron chi connectivity index (χ2n) is 10.3. The molecule has 2 atom stereocenters. The third-order valence-corrected chi connectivity index (χ3v) is 8.81. The third-order valence-electron chi connectivity index (χ3n) is 7.67. The monoisotopic (exact) mass is 590 g/mol. The SMILES string of the molecule is O=C1SC(=Cc2ccc3c(cnn3Cc3ccc(Cl)cc3C(F)(F)F)c2)C(=O)N1CCC1CN2CCCC2CO1. The number of halogens is 4. The standard InChI is InChI=1S/C28H26ClF3N4O3S/c29-20-5-4-18(23(12-20)28(30,31)32)14-36-24-6-3-17(10-19(24)13-33-36)11-25-26(37)35(27(38)40-25)9-7-22-15-34-8-1-2-21(34)16-39-22/h3-6,10-13,21-22H,1-2,7-9,14-16H2. The molecule has 3 fully saturated rings. The minimum Gasteiger partial charge on any atom is -0.375 e. The van der Waals surface area contributed by atoms with Crippen molar-refractivity contribution < 1.29 is 27.5 Å². The van der Waals surface area contributed by atoms with Crippen LogP contribution in [0.1, 0.15) is 36.0 Å². The van der Waals surface area contributed by atoms with Gasteiger partial charge >= 0.3 is 6.18 Å². The largest absolute Gasteiger partial charge is 0.416 e. The van der Waals surface area contributed by atoms with Crippen molar-refractivity contribution in [1.82, 2.24) is 19.6 Å². The van der Waals surface area contributed by atoms with Gasteiger partial charge in [0.2, 0.25) is 0 Å². The molecule has 7 nitrogen and oxygen atoms in total. The first-order valence-electron chi connectivity index (χ1n) is 13.1. The van der Waals surface area contributed by atoms with E-state index in [0.29, 0.717) is 47.0 Å². The zero-order valence-electron chi connectivity index (χ0n) is 21.4. The van der Waals surface area contributed by atoms with Crippen LogP contribution >= 0.6 is 23.4 Å². The van der Waals surface area contributed by atoms with Crippen LogP contribution in [0.4, 0.5) is 18.0 Å². The maximum atomic E-state index is 13.5. The summed E-state index contributed by atoms with van der Waals surface area (Å²) < 4.78 is 48.1. The van der Waals surface area contributed by atoms with E-state index < -0.39 is 11.7 Å². The van der Waals surface area contributed by atoms with Crippen molar-refractivity contribution in [3.05, 3.63) is 69.2 Å². The van der Waals surface area contributed by atoms with Crippen molar-refractivity contribution in [2.45, 2.75) is 44.1 Å². The van der Waals surface area contributed by atoms with Crippen LogP contribution in [0.25, 0.3) is 17.0 Å². The highest BCUT2D eigenvalue weighted by Crippen LogP contribution is 2.35. The minimum absolute atomic E-state index is 0.00649. The molecule has 0 aliphatic carbocycles. The molecule has 0 radical (unpaired) electrons. The predicted octanol–water partition coefficient (Wildman–Crippen LogP) is 6.05. The molecular formula is C28H26ClF3N4O3S. The highest BCUT2D eigenvalue weighted by atomic mass is 35.5. The number of ether oxygens (including phenoxy) is 1. The van der Waals surface area contributed by atoms with Crippen molar-refractivity contribution >= 4 is 51.5 Å². The van der Waals surface area contributed by atoms with Gasteiger partial charge in [-0.3, -0.25) is 24.1 Å². The number of carbonyl (C=O) groups is 2. The average Bonchev–Trinajstić information content (AvgIpc) is 3.61. The molecular weight excluding hydrogens is 565 g/mol. The van der Waals surface area contributed by atoms with Crippen LogP contribution in [0.5, 0.6) is 0 Å². The molecule has 0 N–H and O–H groups in total. The van der Waals surface area contributed by atoms with E-state index in [2.05, 4.69) is 10.00 Å². The summed E-state index contributed by atoms with van der Waals surface area (Å²) in [5, 5.41) is 4.69. The first-order chi connectivity index (χ1) is 19.2. The molecule has 3 saturated heterocycles. The fourth-order valence-electron chi connectivity index (χ4n) is 5.61. The molecule has 4 heterocycles. The van der Waals surface area contributed by atoms with E-state index in [-0.39, 0.29) is 34.4 Å². The Balaban J connectivity index is 1.14. The van der Waals surface area contributed by atoms with E-state index in [0.717, 1.165) is 37.3 Å². The van der Waals surface area contributed by atoms with E-state index in [1.807, 2.05) is 0 Å². The average molecular weight is 591 g/mol. The van der Waals surface area contributed by atoms with Crippen LogP contribution in [-0.2, 0) is 22.3 Å². The summed E-state index contributed by atoms with van der Waals surface area (Å²) in [4.78, 5) is 29.7. The lowest BCUT2D eigenvalue weighted by molar-refractivity contribution is -0.138. The van der Waals surface area contributed by atoms with Crippen molar-refractivity contribution in [3.63, 3.8) is 0 Å². The Kier molecular flexibility index (Phi) is 7.41. The first kappa shape index (κ1) is 27.3. The van der Waals surface area contributed by atoms with Crippen LogP contribution in [0.2, 0.25) is 5.02 Å². The highest BCUT2D eigenvalue weighted by molar-refractivity contribution is 8.18. The fourth-order valence-corrected chi connectivity index (χ4v) is 6.65. The Bertz CT molecular complexity index is 1510. The molecule has 2 unspecified atom stereocenters. The van der Waals surface area contributed by atoms with Gasteiger partial charge in [0, 0.05) is 29.5 Å². The fraction of sp³-hybridized carbons (Fsp3) is 0.393. The van der Waals surface area contributed by atoms with Gasteiger partial charge in [-0.25, -0.2) is 0 Å². The lowest BCUT2D eigenvalue weighted by Gasteiger charge is -2.35. The molecule has 3 aromatic rings. The Morgan fingerprint density at radius 1 is 1.18 bits per heavy atom. The van der Waals surface area contributed by atoms with Gasteiger partial charge in [-0.05, 0) is 79.0 Å². The van der Waals surface area contributed by atoms with Crippen molar-refractivity contribution in [2.24, 2.45) is 0 Å². The summed E-state index contributed by atoms with van der Waals surface area (Å²) in [5.74, 6) is -0.330. The second-order valence-corrected chi connectivity index (χ2v) is 11.7. The number of nitrogens with zero attached hydrogens (tertiary/aromatic N) is 4.